The number of hydrogen-bond donors (Lipinski definition) is 2. The van der Waals surface area contributed by atoms with Crippen LogP contribution in [-0.4, -0.2) is 36.7 Å². The number of nitrogens with zero attached hydrogens (tertiary/aromatic N) is 4. The van der Waals surface area contributed by atoms with Crippen LogP contribution in [0.25, 0.3) is 0 Å². The Labute approximate surface area is 179 Å². The largest absolute Gasteiger partial charge is 0.362 e. The van der Waals surface area contributed by atoms with E-state index in [1.54, 1.807) is 6.20 Å². The molecule has 2 aromatic rings. The molecule has 0 unspecified atom stereocenters. The molecule has 0 aliphatic heterocycles. The lowest BCUT2D eigenvalue weighted by atomic mass is 10.1. The number of aryl methyl sites for hydroxylation is 2. The van der Waals surface area contributed by atoms with Crippen LogP contribution in [0.4, 0.5) is 5.82 Å². The molecule has 150 valence electrons. The zero-order valence-corrected chi connectivity index (χ0v) is 19.2. The Morgan fingerprint density at radius 1 is 1.19 bits per heavy atom. The van der Waals surface area contributed by atoms with Crippen molar-refractivity contribution < 1.29 is 4.52 Å². The number of guanidine groups is 1. The highest BCUT2D eigenvalue weighted by Crippen LogP contribution is 2.16. The van der Waals surface area contributed by atoms with Crippen LogP contribution < -0.4 is 15.5 Å². The van der Waals surface area contributed by atoms with E-state index in [1.807, 2.05) is 25.1 Å². The molecule has 0 atom stereocenters. The third-order valence-corrected chi connectivity index (χ3v) is 4.08. The summed E-state index contributed by atoms with van der Waals surface area (Å²) in [4.78, 5) is 11.1. The number of pyridine rings is 1. The molecule has 7 nitrogen and oxygen atoms in total. The van der Waals surface area contributed by atoms with Crippen molar-refractivity contribution in [2.75, 3.05) is 25.5 Å². The molecule has 0 saturated heterocycles. The van der Waals surface area contributed by atoms with Crippen LogP contribution >= 0.6 is 24.0 Å². The first kappa shape index (κ1) is 23.2. The topological polar surface area (TPSA) is 78.6 Å². The van der Waals surface area contributed by atoms with Crippen molar-refractivity contribution in [1.82, 2.24) is 20.8 Å². The second-order valence-electron chi connectivity index (χ2n) is 6.17. The van der Waals surface area contributed by atoms with Gasteiger partial charge in [-0.1, -0.05) is 25.1 Å². The van der Waals surface area contributed by atoms with E-state index in [9.17, 15) is 0 Å². The van der Waals surface area contributed by atoms with Gasteiger partial charge in [0.1, 0.15) is 11.6 Å². The molecule has 0 fully saturated rings. The number of aromatic nitrogens is 2. The fourth-order valence-electron chi connectivity index (χ4n) is 2.77. The van der Waals surface area contributed by atoms with Crippen LogP contribution in [0.3, 0.4) is 0 Å². The molecule has 0 saturated carbocycles. The molecule has 0 spiro atoms. The first-order chi connectivity index (χ1) is 12.6. The lowest BCUT2D eigenvalue weighted by Crippen LogP contribution is -2.37. The summed E-state index contributed by atoms with van der Waals surface area (Å²) in [5.41, 5.74) is 3.23. The maximum Gasteiger partial charge on any atom is 0.191 e. The van der Waals surface area contributed by atoms with Gasteiger partial charge in [-0.05, 0) is 19.4 Å². The summed E-state index contributed by atoms with van der Waals surface area (Å²) in [6.07, 6.45) is 3.49. The minimum atomic E-state index is 0. The van der Waals surface area contributed by atoms with E-state index < -0.39 is 0 Å². The second-order valence-corrected chi connectivity index (χ2v) is 6.17. The van der Waals surface area contributed by atoms with Crippen molar-refractivity contribution in [1.29, 1.82) is 0 Å². The monoisotopic (exact) mass is 486 g/mol. The Morgan fingerprint density at radius 3 is 2.59 bits per heavy atom. The highest BCUT2D eigenvalue weighted by molar-refractivity contribution is 14.0. The molecule has 2 rings (SSSR count). The van der Waals surface area contributed by atoms with Crippen molar-refractivity contribution in [2.24, 2.45) is 4.99 Å². The van der Waals surface area contributed by atoms with Crippen molar-refractivity contribution in [3.05, 3.63) is 40.9 Å². The molecular formula is C19H31IN6O. The van der Waals surface area contributed by atoms with Gasteiger partial charge in [0.15, 0.2) is 5.96 Å². The number of anilines is 1. The quantitative estimate of drug-likeness (QED) is 0.339. The van der Waals surface area contributed by atoms with Gasteiger partial charge < -0.3 is 20.1 Å². The SMILES string of the molecule is CCNC(=NCc1cccnc1N(C)C)NCc1c(CC)noc1CC.I. The first-order valence-electron chi connectivity index (χ1n) is 9.20. The predicted molar refractivity (Wildman–Crippen MR) is 121 cm³/mol. The number of hydrogen-bond acceptors (Lipinski definition) is 5. The summed E-state index contributed by atoms with van der Waals surface area (Å²) in [6.45, 7) is 8.22. The van der Waals surface area contributed by atoms with Gasteiger partial charge in [0.25, 0.3) is 0 Å². The summed E-state index contributed by atoms with van der Waals surface area (Å²) in [7, 11) is 3.98. The van der Waals surface area contributed by atoms with Gasteiger partial charge >= 0.3 is 0 Å². The lowest BCUT2D eigenvalue weighted by Gasteiger charge is -2.16. The standard InChI is InChI=1S/C19H30N6O.HI/c1-6-16-15(17(7-2)26-24-16)13-23-19(20-8-3)22-12-14-10-9-11-21-18(14)25(4)5;/h9-11H,6-8,12-13H2,1-5H3,(H2,20,22,23);1H. The normalized spacial score (nSPS) is 11.1. The Morgan fingerprint density at radius 2 is 1.96 bits per heavy atom. The highest BCUT2D eigenvalue weighted by atomic mass is 127. The summed E-state index contributed by atoms with van der Waals surface area (Å²) in [5, 5.41) is 10.9. The van der Waals surface area contributed by atoms with Gasteiger partial charge in [-0.15, -0.1) is 24.0 Å². The number of aliphatic imine (C=N–C) groups is 1. The van der Waals surface area contributed by atoms with Gasteiger partial charge in [0.05, 0.1) is 12.2 Å². The third-order valence-electron chi connectivity index (χ3n) is 4.08. The molecule has 2 aromatic heterocycles. The second kappa shape index (κ2) is 11.8. The van der Waals surface area contributed by atoms with Crippen molar-refractivity contribution in [3.63, 3.8) is 0 Å². The molecule has 0 aromatic carbocycles. The molecule has 27 heavy (non-hydrogen) atoms. The molecule has 0 amide bonds. The Balaban J connectivity index is 0.00000364. The molecule has 2 heterocycles. The molecule has 0 aliphatic rings. The maximum atomic E-state index is 5.44. The molecule has 8 heteroatoms. The van der Waals surface area contributed by atoms with Crippen LogP contribution in [0.2, 0.25) is 0 Å². The summed E-state index contributed by atoms with van der Waals surface area (Å²) >= 11 is 0. The van der Waals surface area contributed by atoms with Gasteiger partial charge in [0, 0.05) is 50.9 Å². The van der Waals surface area contributed by atoms with E-state index in [1.165, 1.54) is 0 Å². The maximum absolute atomic E-state index is 5.44. The Bertz CT molecular complexity index is 707. The summed E-state index contributed by atoms with van der Waals surface area (Å²) in [6, 6.07) is 4.00. The van der Waals surface area contributed by atoms with Crippen LogP contribution in [0.1, 0.15) is 43.4 Å². The van der Waals surface area contributed by atoms with Crippen LogP contribution in [-0.2, 0) is 25.9 Å². The van der Waals surface area contributed by atoms with E-state index in [0.29, 0.717) is 13.1 Å². The van der Waals surface area contributed by atoms with Gasteiger partial charge in [0.2, 0.25) is 0 Å². The average molecular weight is 486 g/mol. The summed E-state index contributed by atoms with van der Waals surface area (Å²) < 4.78 is 5.44. The summed E-state index contributed by atoms with van der Waals surface area (Å²) in [5.74, 6) is 2.64. The predicted octanol–water partition coefficient (Wildman–Crippen LogP) is 3.13. The molecule has 0 radical (unpaired) electrons. The van der Waals surface area contributed by atoms with Gasteiger partial charge in [-0.2, -0.15) is 0 Å². The van der Waals surface area contributed by atoms with Crippen LogP contribution in [0.5, 0.6) is 0 Å². The molecule has 0 aliphatic carbocycles. The molecular weight excluding hydrogens is 455 g/mol. The minimum absolute atomic E-state index is 0. The fraction of sp³-hybridized carbons (Fsp3) is 0.526. The zero-order valence-electron chi connectivity index (χ0n) is 16.9. The third kappa shape index (κ3) is 6.37. The van der Waals surface area contributed by atoms with E-state index in [4.69, 9.17) is 9.52 Å². The molecule has 0 bridgehead atoms. The smallest absolute Gasteiger partial charge is 0.191 e. The van der Waals surface area contributed by atoms with Crippen LogP contribution in [0, 0.1) is 0 Å². The van der Waals surface area contributed by atoms with Crippen molar-refractivity contribution >= 4 is 35.8 Å². The first-order valence-corrected chi connectivity index (χ1v) is 9.20. The van der Waals surface area contributed by atoms with Crippen LogP contribution in [0.15, 0.2) is 27.8 Å². The zero-order chi connectivity index (χ0) is 18.9. The van der Waals surface area contributed by atoms with E-state index in [2.05, 4.69) is 47.6 Å². The van der Waals surface area contributed by atoms with Crippen molar-refractivity contribution in [3.8, 4) is 0 Å². The lowest BCUT2D eigenvalue weighted by molar-refractivity contribution is 0.380. The molecule has 2 N–H and O–H groups in total. The van der Waals surface area contributed by atoms with E-state index >= 15 is 0 Å². The van der Waals surface area contributed by atoms with Gasteiger partial charge in [-0.3, -0.25) is 0 Å². The average Bonchev–Trinajstić information content (AvgIpc) is 3.06. The fourth-order valence-corrected chi connectivity index (χ4v) is 2.77. The highest BCUT2D eigenvalue weighted by Gasteiger charge is 2.13. The number of halogens is 1. The Hall–Kier alpha value is -1.84. The van der Waals surface area contributed by atoms with E-state index in [-0.39, 0.29) is 24.0 Å². The van der Waals surface area contributed by atoms with E-state index in [0.717, 1.165) is 53.7 Å². The Kier molecular flexibility index (Phi) is 10.1. The number of nitrogens with one attached hydrogen (secondary N) is 2. The number of rotatable bonds is 8. The minimum Gasteiger partial charge on any atom is -0.362 e. The van der Waals surface area contributed by atoms with Gasteiger partial charge in [-0.25, -0.2) is 9.98 Å². The van der Waals surface area contributed by atoms with Crippen molar-refractivity contribution in [2.45, 2.75) is 46.7 Å².